The van der Waals surface area contributed by atoms with E-state index in [9.17, 15) is 14.4 Å². The summed E-state index contributed by atoms with van der Waals surface area (Å²) < 4.78 is 32.7. The van der Waals surface area contributed by atoms with E-state index in [4.69, 9.17) is 14.2 Å². The lowest BCUT2D eigenvalue weighted by Gasteiger charge is -2.34. The minimum absolute atomic E-state index is 0.233. The molecule has 3 aliphatic heterocycles. The first-order valence-corrected chi connectivity index (χ1v) is 19.6. The van der Waals surface area contributed by atoms with Crippen LogP contribution >= 0.6 is 0 Å². The van der Waals surface area contributed by atoms with Gasteiger partial charge in [0.1, 0.15) is 18.4 Å². The molecule has 1 unspecified atom stereocenters. The molecule has 0 radical (unpaired) electrons. The summed E-state index contributed by atoms with van der Waals surface area (Å²) in [5.41, 5.74) is 4.73. The Labute approximate surface area is 329 Å². The zero-order chi connectivity index (χ0) is 39.3. The highest BCUT2D eigenvalue weighted by Crippen LogP contribution is 2.33. The standard InChI is InChI=1S/C43H46FN7O6/c1-28-4-11-38(41(52)47-28)51-42(53)34-8-7-31(25-35(34)43(51)54)57-24-23-56-22-21-55-20-19-50-17-15-49(16-18-50)14-2-3-30-6-5-29(26-46-30)32-9-10-33-36-27-45-13-12-37(36)48-40(33)39(32)44/h5-10,12-13,25-27,38,48H,1-4,11,14-24H2,(H,47,52). The third-order valence-electron chi connectivity index (χ3n) is 11.0. The van der Waals surface area contributed by atoms with Crippen LogP contribution in [0.2, 0.25) is 0 Å². The number of carbonyl (C=O) groups is 3. The van der Waals surface area contributed by atoms with E-state index in [2.05, 4.69) is 36.6 Å². The van der Waals surface area contributed by atoms with Crippen LogP contribution in [0.25, 0.3) is 32.9 Å². The predicted molar refractivity (Wildman–Crippen MR) is 212 cm³/mol. The number of nitrogens with zero attached hydrogens (tertiary/aromatic N) is 5. The number of rotatable bonds is 16. The molecule has 5 aromatic rings. The molecule has 0 spiro atoms. The number of H-pyrrole nitrogens is 1. The lowest BCUT2D eigenvalue weighted by Crippen LogP contribution is -2.51. The van der Waals surface area contributed by atoms with Gasteiger partial charge in [0.25, 0.3) is 11.8 Å². The van der Waals surface area contributed by atoms with Crippen molar-refractivity contribution in [3.63, 3.8) is 0 Å². The van der Waals surface area contributed by atoms with E-state index in [1.807, 2.05) is 30.3 Å². The number of aromatic amines is 1. The topological polar surface area (TPSA) is 142 Å². The molecule has 57 heavy (non-hydrogen) atoms. The Morgan fingerprint density at radius 1 is 0.807 bits per heavy atom. The van der Waals surface area contributed by atoms with Crippen LogP contribution in [0, 0.1) is 5.82 Å². The molecular formula is C43H46FN7O6. The van der Waals surface area contributed by atoms with Crippen LogP contribution in [-0.2, 0) is 20.7 Å². The lowest BCUT2D eigenvalue weighted by atomic mass is 10.0. The van der Waals surface area contributed by atoms with Gasteiger partial charge in [-0.15, -0.1) is 0 Å². The molecule has 0 bridgehead atoms. The van der Waals surface area contributed by atoms with Gasteiger partial charge in [-0.05, 0) is 62.6 Å². The van der Waals surface area contributed by atoms with E-state index < -0.39 is 23.8 Å². The largest absolute Gasteiger partial charge is 0.491 e. The number of piperazine rings is 1. The van der Waals surface area contributed by atoms with Gasteiger partial charge in [-0.3, -0.25) is 34.2 Å². The third kappa shape index (κ3) is 8.44. The number of aryl methyl sites for hydroxylation is 1. The van der Waals surface area contributed by atoms with Crippen LogP contribution < -0.4 is 10.1 Å². The summed E-state index contributed by atoms with van der Waals surface area (Å²) in [6.45, 7) is 11.8. The van der Waals surface area contributed by atoms with Gasteiger partial charge >= 0.3 is 0 Å². The van der Waals surface area contributed by atoms with E-state index in [-0.39, 0.29) is 23.6 Å². The Bertz CT molecular complexity index is 2290. The van der Waals surface area contributed by atoms with Crippen molar-refractivity contribution >= 4 is 39.5 Å². The zero-order valence-corrected chi connectivity index (χ0v) is 31.8. The molecule has 2 saturated heterocycles. The molecule has 296 valence electrons. The van der Waals surface area contributed by atoms with Crippen molar-refractivity contribution in [3.05, 3.63) is 102 Å². The maximum Gasteiger partial charge on any atom is 0.262 e. The summed E-state index contributed by atoms with van der Waals surface area (Å²) in [6, 6.07) is 13.5. The van der Waals surface area contributed by atoms with Crippen LogP contribution in [0.5, 0.6) is 5.75 Å². The molecule has 2 N–H and O–H groups in total. The highest BCUT2D eigenvalue weighted by molar-refractivity contribution is 6.23. The number of piperidine rings is 1. The fraction of sp³-hybridized carbons (Fsp3) is 0.372. The van der Waals surface area contributed by atoms with Gasteiger partial charge in [0.2, 0.25) is 5.91 Å². The first-order chi connectivity index (χ1) is 27.8. The van der Waals surface area contributed by atoms with E-state index in [1.165, 1.54) is 0 Å². The fourth-order valence-electron chi connectivity index (χ4n) is 7.80. The molecule has 0 aliphatic carbocycles. The number of ether oxygens (including phenoxy) is 3. The summed E-state index contributed by atoms with van der Waals surface area (Å²) >= 11 is 0. The highest BCUT2D eigenvalue weighted by Gasteiger charge is 2.44. The van der Waals surface area contributed by atoms with Crippen molar-refractivity contribution < 1.29 is 33.0 Å². The molecule has 2 aromatic carbocycles. The van der Waals surface area contributed by atoms with Gasteiger partial charge in [0.15, 0.2) is 5.82 Å². The number of benzene rings is 2. The predicted octanol–water partition coefficient (Wildman–Crippen LogP) is 4.97. The normalized spacial score (nSPS) is 17.8. The van der Waals surface area contributed by atoms with Gasteiger partial charge in [-0.1, -0.05) is 24.8 Å². The summed E-state index contributed by atoms with van der Waals surface area (Å²) in [7, 11) is 0. The Morgan fingerprint density at radius 3 is 2.35 bits per heavy atom. The molecule has 3 aromatic heterocycles. The second-order valence-corrected chi connectivity index (χ2v) is 14.6. The SMILES string of the molecule is C=C1CCC(N2C(=O)c3ccc(OCCOCCOCCN4CCN(CCCc5ccc(-c6ccc7c([nH]c8ccncc87)c6F)cn5)CC4)cc3C2=O)C(=O)N1. The van der Waals surface area contributed by atoms with Crippen LogP contribution in [0.4, 0.5) is 4.39 Å². The number of nitrogens with one attached hydrogen (secondary N) is 2. The van der Waals surface area contributed by atoms with Gasteiger partial charge in [-0.2, -0.15) is 0 Å². The van der Waals surface area contributed by atoms with Crippen molar-refractivity contribution in [2.75, 3.05) is 72.3 Å². The molecule has 13 nitrogen and oxygen atoms in total. The molecule has 14 heteroatoms. The van der Waals surface area contributed by atoms with Crippen molar-refractivity contribution in [2.45, 2.75) is 31.7 Å². The van der Waals surface area contributed by atoms with Crippen LogP contribution in [0.3, 0.4) is 0 Å². The number of aromatic nitrogens is 3. The Hall–Kier alpha value is -5.54. The average Bonchev–Trinajstić information content (AvgIpc) is 3.72. The Kier molecular flexibility index (Phi) is 11.6. The summed E-state index contributed by atoms with van der Waals surface area (Å²) in [4.78, 5) is 56.4. The quantitative estimate of drug-likeness (QED) is 0.104. The van der Waals surface area contributed by atoms with Crippen molar-refractivity contribution in [2.24, 2.45) is 0 Å². The molecular weight excluding hydrogens is 730 g/mol. The molecule has 8 rings (SSSR count). The highest BCUT2D eigenvalue weighted by atomic mass is 19.1. The van der Waals surface area contributed by atoms with Crippen molar-refractivity contribution in [1.82, 2.24) is 35.0 Å². The lowest BCUT2D eigenvalue weighted by molar-refractivity contribution is -0.125. The molecule has 3 amide bonds. The monoisotopic (exact) mass is 775 g/mol. The maximum atomic E-state index is 15.5. The first kappa shape index (κ1) is 38.3. The number of hydrogen-bond donors (Lipinski definition) is 2. The van der Waals surface area contributed by atoms with Gasteiger partial charge in [0, 0.05) is 90.1 Å². The molecule has 2 fully saturated rings. The minimum atomic E-state index is -0.848. The smallest absolute Gasteiger partial charge is 0.262 e. The van der Waals surface area contributed by atoms with Crippen LogP contribution in [0.1, 0.15) is 45.7 Å². The second-order valence-electron chi connectivity index (χ2n) is 14.6. The molecule has 0 saturated carbocycles. The van der Waals surface area contributed by atoms with Gasteiger partial charge in [0.05, 0.1) is 43.1 Å². The number of fused-ring (bicyclic) bond motifs is 4. The summed E-state index contributed by atoms with van der Waals surface area (Å²) in [5.74, 6) is -1.18. The second kappa shape index (κ2) is 17.3. The van der Waals surface area contributed by atoms with Crippen LogP contribution in [-0.4, -0.2) is 126 Å². The van der Waals surface area contributed by atoms with Gasteiger partial charge < -0.3 is 29.4 Å². The average molecular weight is 776 g/mol. The zero-order valence-electron chi connectivity index (χ0n) is 31.8. The number of imide groups is 1. The van der Waals surface area contributed by atoms with E-state index in [0.717, 1.165) is 84.6 Å². The first-order valence-electron chi connectivity index (χ1n) is 19.6. The van der Waals surface area contributed by atoms with E-state index >= 15 is 4.39 Å². The maximum absolute atomic E-state index is 15.5. The molecule has 1 atom stereocenters. The molecule has 6 heterocycles. The number of halogens is 1. The number of carbonyl (C=O) groups excluding carboxylic acids is 3. The summed E-state index contributed by atoms with van der Waals surface area (Å²) in [6.07, 6.45) is 7.97. The number of amides is 3. The van der Waals surface area contributed by atoms with E-state index in [1.54, 1.807) is 36.8 Å². The minimum Gasteiger partial charge on any atom is -0.491 e. The number of pyridine rings is 2. The van der Waals surface area contributed by atoms with E-state index in [0.29, 0.717) is 61.8 Å². The molecule has 3 aliphatic rings. The van der Waals surface area contributed by atoms with Crippen molar-refractivity contribution in [3.8, 4) is 16.9 Å². The third-order valence-corrected chi connectivity index (χ3v) is 11.0. The van der Waals surface area contributed by atoms with Crippen molar-refractivity contribution in [1.29, 1.82) is 0 Å². The fourth-order valence-corrected chi connectivity index (χ4v) is 7.80. The Balaban J connectivity index is 0.669. The van der Waals surface area contributed by atoms with Crippen LogP contribution in [0.15, 0.2) is 79.4 Å². The van der Waals surface area contributed by atoms with Gasteiger partial charge in [-0.25, -0.2) is 4.39 Å². The number of allylic oxidation sites excluding steroid dienone is 1. The Morgan fingerprint density at radius 2 is 1.56 bits per heavy atom. The summed E-state index contributed by atoms with van der Waals surface area (Å²) in [5, 5.41) is 4.37. The number of hydrogen-bond acceptors (Lipinski definition) is 10.